The fourth-order valence-corrected chi connectivity index (χ4v) is 1.78. The van der Waals surface area contributed by atoms with Crippen LogP contribution in [0, 0.1) is 5.82 Å². The molecule has 0 N–H and O–H groups in total. The molecule has 0 fully saturated rings. The number of carbonyl (C=O) groups excluding carboxylic acids is 1. The van der Waals surface area contributed by atoms with Gasteiger partial charge >= 0.3 is 0 Å². The van der Waals surface area contributed by atoms with Crippen LogP contribution in [0.1, 0.15) is 29.3 Å². The standard InChI is InChI=1S/C16H15FO2/c1-2-11-19-15-10-6-4-8-13(15)16(18)12-7-3-5-9-14(12)17/h3-10H,2,11H2,1H3. The first-order valence-corrected chi connectivity index (χ1v) is 6.25. The summed E-state index contributed by atoms with van der Waals surface area (Å²) in [5.41, 5.74) is 0.455. The summed E-state index contributed by atoms with van der Waals surface area (Å²) in [6.45, 7) is 2.52. The Morgan fingerprint density at radius 3 is 2.37 bits per heavy atom. The Bertz CT molecular complexity index is 578. The second kappa shape index (κ2) is 6.14. The average molecular weight is 258 g/mol. The first-order valence-electron chi connectivity index (χ1n) is 6.25. The number of hydrogen-bond donors (Lipinski definition) is 0. The predicted octanol–water partition coefficient (Wildman–Crippen LogP) is 3.85. The Morgan fingerprint density at radius 2 is 1.68 bits per heavy atom. The molecule has 0 atom stereocenters. The minimum atomic E-state index is -0.516. The van der Waals surface area contributed by atoms with Crippen molar-refractivity contribution in [2.75, 3.05) is 6.61 Å². The summed E-state index contributed by atoms with van der Waals surface area (Å²) in [6, 6.07) is 12.9. The van der Waals surface area contributed by atoms with E-state index in [2.05, 4.69) is 0 Å². The minimum absolute atomic E-state index is 0.0649. The molecular formula is C16H15FO2. The van der Waals surface area contributed by atoms with Gasteiger partial charge in [0, 0.05) is 0 Å². The maximum Gasteiger partial charge on any atom is 0.199 e. The lowest BCUT2D eigenvalue weighted by Crippen LogP contribution is -2.07. The molecule has 0 aliphatic carbocycles. The van der Waals surface area contributed by atoms with E-state index in [0.29, 0.717) is 17.9 Å². The van der Waals surface area contributed by atoms with Gasteiger partial charge in [0.15, 0.2) is 5.78 Å². The summed E-state index contributed by atoms with van der Waals surface area (Å²) in [4.78, 5) is 12.3. The van der Waals surface area contributed by atoms with Crippen molar-refractivity contribution < 1.29 is 13.9 Å². The largest absolute Gasteiger partial charge is 0.493 e. The monoisotopic (exact) mass is 258 g/mol. The maximum atomic E-state index is 13.6. The normalized spacial score (nSPS) is 10.2. The molecule has 2 rings (SSSR count). The molecule has 0 saturated carbocycles. The van der Waals surface area contributed by atoms with Gasteiger partial charge in [0.2, 0.25) is 0 Å². The first kappa shape index (κ1) is 13.3. The van der Waals surface area contributed by atoms with E-state index in [1.54, 1.807) is 36.4 Å². The predicted molar refractivity (Wildman–Crippen MR) is 72.1 cm³/mol. The fourth-order valence-electron chi connectivity index (χ4n) is 1.78. The molecule has 0 aliphatic heterocycles. The molecule has 0 spiro atoms. The van der Waals surface area contributed by atoms with Crippen LogP contribution in [0.5, 0.6) is 5.75 Å². The molecule has 2 nitrogen and oxygen atoms in total. The van der Waals surface area contributed by atoms with Crippen molar-refractivity contribution >= 4 is 5.78 Å². The van der Waals surface area contributed by atoms with Crippen molar-refractivity contribution in [3.63, 3.8) is 0 Å². The molecule has 0 saturated heterocycles. The zero-order chi connectivity index (χ0) is 13.7. The molecule has 98 valence electrons. The number of hydrogen-bond acceptors (Lipinski definition) is 2. The summed E-state index contributed by atoms with van der Waals surface area (Å²) < 4.78 is 19.2. The lowest BCUT2D eigenvalue weighted by molar-refractivity contribution is 0.103. The van der Waals surface area contributed by atoms with Crippen LogP contribution in [0.4, 0.5) is 4.39 Å². The number of ether oxygens (including phenoxy) is 1. The molecule has 0 unspecified atom stereocenters. The van der Waals surface area contributed by atoms with Gasteiger partial charge in [-0.05, 0) is 30.7 Å². The van der Waals surface area contributed by atoms with Crippen LogP contribution in [0.15, 0.2) is 48.5 Å². The molecule has 2 aromatic carbocycles. The number of carbonyl (C=O) groups is 1. The van der Waals surface area contributed by atoms with Crippen molar-refractivity contribution in [2.45, 2.75) is 13.3 Å². The molecule has 0 bridgehead atoms. The van der Waals surface area contributed by atoms with Gasteiger partial charge in [-0.3, -0.25) is 4.79 Å². The van der Waals surface area contributed by atoms with E-state index >= 15 is 0 Å². The fraction of sp³-hybridized carbons (Fsp3) is 0.188. The molecule has 19 heavy (non-hydrogen) atoms. The van der Waals surface area contributed by atoms with Gasteiger partial charge in [0.25, 0.3) is 0 Å². The quantitative estimate of drug-likeness (QED) is 0.761. The summed E-state index contributed by atoms with van der Waals surface area (Å²) in [6.07, 6.45) is 0.849. The van der Waals surface area contributed by atoms with Gasteiger partial charge in [-0.25, -0.2) is 4.39 Å². The van der Waals surface area contributed by atoms with Crippen LogP contribution < -0.4 is 4.74 Å². The molecule has 0 aliphatic rings. The molecule has 0 radical (unpaired) electrons. The van der Waals surface area contributed by atoms with E-state index in [-0.39, 0.29) is 11.3 Å². The van der Waals surface area contributed by atoms with Gasteiger partial charge in [0.1, 0.15) is 11.6 Å². The van der Waals surface area contributed by atoms with Crippen molar-refractivity contribution in [2.24, 2.45) is 0 Å². The lowest BCUT2D eigenvalue weighted by atomic mass is 10.0. The topological polar surface area (TPSA) is 26.3 Å². The molecule has 0 aromatic heterocycles. The highest BCUT2D eigenvalue weighted by Crippen LogP contribution is 2.22. The average Bonchev–Trinajstić information content (AvgIpc) is 2.45. The van der Waals surface area contributed by atoms with Crippen LogP contribution in [-0.2, 0) is 0 Å². The van der Waals surface area contributed by atoms with Crippen LogP contribution in [-0.4, -0.2) is 12.4 Å². The minimum Gasteiger partial charge on any atom is -0.493 e. The van der Waals surface area contributed by atoms with E-state index in [4.69, 9.17) is 4.74 Å². The Balaban J connectivity index is 2.36. The summed E-state index contributed by atoms with van der Waals surface area (Å²) in [7, 11) is 0. The smallest absolute Gasteiger partial charge is 0.199 e. The van der Waals surface area contributed by atoms with Gasteiger partial charge in [-0.15, -0.1) is 0 Å². The Morgan fingerprint density at radius 1 is 1.05 bits per heavy atom. The van der Waals surface area contributed by atoms with Crippen molar-refractivity contribution in [3.05, 3.63) is 65.5 Å². The van der Waals surface area contributed by atoms with E-state index in [0.717, 1.165) is 6.42 Å². The Labute approximate surface area is 111 Å². The number of ketones is 1. The number of halogens is 1. The van der Waals surface area contributed by atoms with Gasteiger partial charge < -0.3 is 4.74 Å². The third kappa shape index (κ3) is 2.99. The Kier molecular flexibility index (Phi) is 4.29. The third-order valence-corrected chi connectivity index (χ3v) is 2.71. The van der Waals surface area contributed by atoms with E-state index in [1.165, 1.54) is 12.1 Å². The third-order valence-electron chi connectivity index (χ3n) is 2.71. The SMILES string of the molecule is CCCOc1ccccc1C(=O)c1ccccc1F. The second-order valence-corrected chi connectivity index (χ2v) is 4.15. The van der Waals surface area contributed by atoms with E-state index in [9.17, 15) is 9.18 Å². The van der Waals surface area contributed by atoms with Crippen LogP contribution in [0.25, 0.3) is 0 Å². The number of rotatable bonds is 5. The Hall–Kier alpha value is -2.16. The molecule has 2 aromatic rings. The van der Waals surface area contributed by atoms with Crippen molar-refractivity contribution in [1.82, 2.24) is 0 Å². The highest BCUT2D eigenvalue weighted by Gasteiger charge is 2.17. The zero-order valence-electron chi connectivity index (χ0n) is 10.7. The van der Waals surface area contributed by atoms with Crippen LogP contribution in [0.2, 0.25) is 0 Å². The van der Waals surface area contributed by atoms with Gasteiger partial charge in [-0.2, -0.15) is 0 Å². The first-order chi connectivity index (χ1) is 9.24. The lowest BCUT2D eigenvalue weighted by Gasteiger charge is -2.10. The molecule has 3 heteroatoms. The van der Waals surface area contributed by atoms with Crippen molar-refractivity contribution in [3.8, 4) is 5.75 Å². The second-order valence-electron chi connectivity index (χ2n) is 4.15. The van der Waals surface area contributed by atoms with E-state index < -0.39 is 5.82 Å². The molecule has 0 heterocycles. The molecular weight excluding hydrogens is 243 g/mol. The van der Waals surface area contributed by atoms with E-state index in [1.807, 2.05) is 6.92 Å². The maximum absolute atomic E-state index is 13.6. The van der Waals surface area contributed by atoms with Gasteiger partial charge in [-0.1, -0.05) is 31.2 Å². The number of para-hydroxylation sites is 1. The highest BCUT2D eigenvalue weighted by atomic mass is 19.1. The summed E-state index contributed by atoms with van der Waals surface area (Å²) in [5, 5.41) is 0. The van der Waals surface area contributed by atoms with Crippen LogP contribution >= 0.6 is 0 Å². The zero-order valence-corrected chi connectivity index (χ0v) is 10.7. The van der Waals surface area contributed by atoms with Crippen molar-refractivity contribution in [1.29, 1.82) is 0 Å². The van der Waals surface area contributed by atoms with Crippen LogP contribution in [0.3, 0.4) is 0 Å². The summed E-state index contributed by atoms with van der Waals surface area (Å²) in [5.74, 6) is -0.375. The highest BCUT2D eigenvalue weighted by molar-refractivity contribution is 6.10. The summed E-state index contributed by atoms with van der Waals surface area (Å²) >= 11 is 0. The van der Waals surface area contributed by atoms with Gasteiger partial charge in [0.05, 0.1) is 17.7 Å². The number of benzene rings is 2. The molecule has 0 amide bonds.